The van der Waals surface area contributed by atoms with Gasteiger partial charge in [-0.3, -0.25) is 0 Å². The molecule has 1 aromatic rings. The average molecular weight is 250 g/mol. The zero-order valence-electron chi connectivity index (χ0n) is 11.0. The van der Waals surface area contributed by atoms with Gasteiger partial charge < -0.3 is 9.22 Å². The molecule has 0 aromatic heterocycles. The van der Waals surface area contributed by atoms with E-state index in [0.29, 0.717) is 6.61 Å². The highest BCUT2D eigenvalue weighted by molar-refractivity contribution is 6.84. The topological polar surface area (TPSA) is 26.3 Å². The van der Waals surface area contributed by atoms with Crippen LogP contribution < -0.4 is 5.19 Å². The number of rotatable bonds is 7. The maximum absolute atomic E-state index is 10.7. The van der Waals surface area contributed by atoms with E-state index in [4.69, 9.17) is 4.43 Å². The SMILES string of the molecule is CCC(C=O)CCO[Si](C)(C)c1ccccc1. The van der Waals surface area contributed by atoms with Crippen LogP contribution in [0.3, 0.4) is 0 Å². The Hall–Kier alpha value is -0.933. The summed E-state index contributed by atoms with van der Waals surface area (Å²) in [5.74, 6) is 0.149. The fourth-order valence-electron chi connectivity index (χ4n) is 1.76. The Morgan fingerprint density at radius 1 is 1.29 bits per heavy atom. The molecule has 1 rings (SSSR count). The average Bonchev–Trinajstić information content (AvgIpc) is 2.36. The third-order valence-corrected chi connectivity index (χ3v) is 5.79. The lowest BCUT2D eigenvalue weighted by Gasteiger charge is -2.24. The van der Waals surface area contributed by atoms with Gasteiger partial charge in [-0.15, -0.1) is 0 Å². The van der Waals surface area contributed by atoms with Crippen molar-refractivity contribution in [3.63, 3.8) is 0 Å². The largest absolute Gasteiger partial charge is 0.413 e. The number of hydrogen-bond donors (Lipinski definition) is 0. The van der Waals surface area contributed by atoms with E-state index in [1.807, 2.05) is 25.1 Å². The van der Waals surface area contributed by atoms with Gasteiger partial charge in [-0.2, -0.15) is 0 Å². The van der Waals surface area contributed by atoms with Crippen LogP contribution in [0.5, 0.6) is 0 Å². The van der Waals surface area contributed by atoms with E-state index >= 15 is 0 Å². The molecule has 0 N–H and O–H groups in total. The third-order valence-electron chi connectivity index (χ3n) is 3.14. The quantitative estimate of drug-likeness (QED) is 0.549. The van der Waals surface area contributed by atoms with Crippen molar-refractivity contribution in [2.24, 2.45) is 5.92 Å². The second-order valence-electron chi connectivity index (χ2n) is 4.82. The molecule has 0 radical (unpaired) electrons. The zero-order valence-corrected chi connectivity index (χ0v) is 12.0. The van der Waals surface area contributed by atoms with Crippen LogP contribution >= 0.6 is 0 Å². The maximum atomic E-state index is 10.7. The zero-order chi connectivity index (χ0) is 12.7. The van der Waals surface area contributed by atoms with Gasteiger partial charge >= 0.3 is 0 Å². The Morgan fingerprint density at radius 2 is 1.94 bits per heavy atom. The molecule has 0 saturated heterocycles. The standard InChI is InChI=1S/C14H22O2Si/c1-4-13(12-15)10-11-16-17(2,3)14-8-6-5-7-9-14/h5-9,12-13H,4,10-11H2,1-3H3. The predicted octanol–water partition coefficient (Wildman–Crippen LogP) is 2.73. The van der Waals surface area contributed by atoms with Crippen molar-refractivity contribution in [1.82, 2.24) is 0 Å². The minimum atomic E-state index is -1.79. The van der Waals surface area contributed by atoms with Crippen molar-refractivity contribution in [2.45, 2.75) is 32.9 Å². The first-order valence-electron chi connectivity index (χ1n) is 6.25. The van der Waals surface area contributed by atoms with Crippen LogP contribution in [-0.4, -0.2) is 21.2 Å². The lowest BCUT2D eigenvalue weighted by molar-refractivity contribution is -0.111. The fourth-order valence-corrected chi connectivity index (χ4v) is 3.55. The molecule has 1 unspecified atom stereocenters. The summed E-state index contributed by atoms with van der Waals surface area (Å²) in [6, 6.07) is 10.4. The molecule has 17 heavy (non-hydrogen) atoms. The van der Waals surface area contributed by atoms with Crippen molar-refractivity contribution in [1.29, 1.82) is 0 Å². The molecule has 0 amide bonds. The van der Waals surface area contributed by atoms with E-state index in [9.17, 15) is 4.79 Å². The van der Waals surface area contributed by atoms with E-state index in [1.165, 1.54) is 5.19 Å². The predicted molar refractivity (Wildman–Crippen MR) is 74.0 cm³/mol. The number of carbonyl (C=O) groups excluding carboxylic acids is 1. The third kappa shape index (κ3) is 4.44. The van der Waals surface area contributed by atoms with Crippen molar-refractivity contribution in [3.05, 3.63) is 30.3 Å². The van der Waals surface area contributed by atoms with Crippen molar-refractivity contribution < 1.29 is 9.22 Å². The number of aldehydes is 1. The van der Waals surface area contributed by atoms with Crippen LogP contribution in [0.2, 0.25) is 13.1 Å². The fraction of sp³-hybridized carbons (Fsp3) is 0.500. The van der Waals surface area contributed by atoms with E-state index in [2.05, 4.69) is 25.2 Å². The lowest BCUT2D eigenvalue weighted by atomic mass is 10.1. The lowest BCUT2D eigenvalue weighted by Crippen LogP contribution is -2.45. The summed E-state index contributed by atoms with van der Waals surface area (Å²) < 4.78 is 6.03. The van der Waals surface area contributed by atoms with Crippen LogP contribution in [0.15, 0.2) is 30.3 Å². The molecular formula is C14H22O2Si. The van der Waals surface area contributed by atoms with E-state index < -0.39 is 8.32 Å². The van der Waals surface area contributed by atoms with E-state index in [1.54, 1.807) is 0 Å². The highest BCUT2D eigenvalue weighted by Gasteiger charge is 2.24. The van der Waals surface area contributed by atoms with Gasteiger partial charge in [-0.1, -0.05) is 37.3 Å². The Morgan fingerprint density at radius 3 is 2.47 bits per heavy atom. The monoisotopic (exact) mass is 250 g/mol. The molecule has 1 atom stereocenters. The summed E-state index contributed by atoms with van der Waals surface area (Å²) in [5.41, 5.74) is 0. The van der Waals surface area contributed by atoms with Crippen LogP contribution in [0.4, 0.5) is 0 Å². The first-order chi connectivity index (χ1) is 8.10. The van der Waals surface area contributed by atoms with Gasteiger partial charge in [-0.25, -0.2) is 0 Å². The number of benzene rings is 1. The molecule has 1 aromatic carbocycles. The van der Waals surface area contributed by atoms with Gasteiger partial charge in [0, 0.05) is 12.5 Å². The second-order valence-corrected chi connectivity index (χ2v) is 8.70. The van der Waals surface area contributed by atoms with Gasteiger partial charge in [-0.05, 0) is 31.1 Å². The molecule has 0 bridgehead atoms. The highest BCUT2D eigenvalue weighted by atomic mass is 28.4. The molecule has 0 aliphatic rings. The highest BCUT2D eigenvalue weighted by Crippen LogP contribution is 2.10. The summed E-state index contributed by atoms with van der Waals surface area (Å²) in [5, 5.41) is 1.30. The van der Waals surface area contributed by atoms with Gasteiger partial charge in [0.05, 0.1) is 0 Å². The molecule has 0 saturated carbocycles. The Bertz CT molecular complexity index is 335. The van der Waals surface area contributed by atoms with Gasteiger partial charge in [0.1, 0.15) is 6.29 Å². The molecule has 0 fully saturated rings. The molecule has 0 spiro atoms. The van der Waals surface area contributed by atoms with E-state index in [0.717, 1.165) is 19.1 Å². The molecular weight excluding hydrogens is 228 g/mol. The van der Waals surface area contributed by atoms with Crippen LogP contribution in [-0.2, 0) is 9.22 Å². The molecule has 3 heteroatoms. The van der Waals surface area contributed by atoms with Crippen LogP contribution in [0.1, 0.15) is 19.8 Å². The van der Waals surface area contributed by atoms with Gasteiger partial charge in [0.25, 0.3) is 0 Å². The summed E-state index contributed by atoms with van der Waals surface area (Å²) in [6.07, 6.45) is 2.78. The molecule has 94 valence electrons. The van der Waals surface area contributed by atoms with E-state index in [-0.39, 0.29) is 5.92 Å². The molecule has 2 nitrogen and oxygen atoms in total. The number of carbonyl (C=O) groups is 1. The van der Waals surface area contributed by atoms with Gasteiger partial charge in [0.2, 0.25) is 8.32 Å². The minimum absolute atomic E-state index is 0.149. The summed E-state index contributed by atoms with van der Waals surface area (Å²) in [6.45, 7) is 7.12. The molecule has 0 aliphatic carbocycles. The van der Waals surface area contributed by atoms with Crippen LogP contribution in [0, 0.1) is 5.92 Å². The maximum Gasteiger partial charge on any atom is 0.218 e. The Kier molecular flexibility index (Phi) is 5.58. The second kappa shape index (κ2) is 6.72. The normalized spacial score (nSPS) is 13.4. The first-order valence-corrected chi connectivity index (χ1v) is 9.15. The van der Waals surface area contributed by atoms with Crippen molar-refractivity contribution in [2.75, 3.05) is 6.61 Å². The Labute approximate surface area is 105 Å². The first kappa shape index (κ1) is 14.1. The Balaban J connectivity index is 2.48. The summed E-state index contributed by atoms with van der Waals surface area (Å²) in [7, 11) is -1.79. The smallest absolute Gasteiger partial charge is 0.218 e. The summed E-state index contributed by atoms with van der Waals surface area (Å²) in [4.78, 5) is 10.7. The van der Waals surface area contributed by atoms with Gasteiger partial charge in [0.15, 0.2) is 0 Å². The number of hydrogen-bond acceptors (Lipinski definition) is 2. The van der Waals surface area contributed by atoms with Crippen LogP contribution in [0.25, 0.3) is 0 Å². The van der Waals surface area contributed by atoms with Crippen molar-refractivity contribution >= 4 is 19.8 Å². The molecule has 0 heterocycles. The minimum Gasteiger partial charge on any atom is -0.413 e. The summed E-state index contributed by atoms with van der Waals surface area (Å²) >= 11 is 0. The van der Waals surface area contributed by atoms with Crippen molar-refractivity contribution in [3.8, 4) is 0 Å². The molecule has 0 aliphatic heterocycles.